The van der Waals surface area contributed by atoms with Crippen LogP contribution in [0.15, 0.2) is 5.38 Å². The second-order valence-corrected chi connectivity index (χ2v) is 4.44. The summed E-state index contributed by atoms with van der Waals surface area (Å²) in [6, 6.07) is 0. The Hall–Kier alpha value is -0.900. The lowest BCUT2D eigenvalue weighted by Crippen LogP contribution is -2.26. The number of anilines is 1. The van der Waals surface area contributed by atoms with Crippen molar-refractivity contribution >= 4 is 23.6 Å². The number of hydrogen-bond acceptors (Lipinski definition) is 3. The summed E-state index contributed by atoms with van der Waals surface area (Å²) < 4.78 is 0. The van der Waals surface area contributed by atoms with Crippen LogP contribution in [0, 0.1) is 12.8 Å². The summed E-state index contributed by atoms with van der Waals surface area (Å²) in [7, 11) is 0. The van der Waals surface area contributed by atoms with Gasteiger partial charge in [0, 0.05) is 11.9 Å². The van der Waals surface area contributed by atoms with Gasteiger partial charge in [-0.3, -0.25) is 9.69 Å². The van der Waals surface area contributed by atoms with E-state index in [1.165, 1.54) is 0 Å². The monoisotopic (exact) mass is 198 g/mol. The molecule has 0 saturated heterocycles. The van der Waals surface area contributed by atoms with Crippen molar-refractivity contribution in [3.63, 3.8) is 0 Å². The van der Waals surface area contributed by atoms with Gasteiger partial charge in [-0.15, -0.1) is 11.3 Å². The van der Waals surface area contributed by atoms with Crippen LogP contribution in [-0.2, 0) is 4.79 Å². The molecule has 0 saturated carbocycles. The van der Waals surface area contributed by atoms with Gasteiger partial charge in [0.15, 0.2) is 0 Å². The first-order valence-electron chi connectivity index (χ1n) is 4.27. The van der Waals surface area contributed by atoms with E-state index in [0.717, 1.165) is 23.8 Å². The van der Waals surface area contributed by atoms with Gasteiger partial charge in [-0.1, -0.05) is 13.8 Å². The van der Waals surface area contributed by atoms with Crippen LogP contribution in [0.4, 0.5) is 5.82 Å². The lowest BCUT2D eigenvalue weighted by Gasteiger charge is -2.16. The van der Waals surface area contributed by atoms with Gasteiger partial charge in [0.25, 0.3) is 0 Å². The summed E-state index contributed by atoms with van der Waals surface area (Å²) in [5, 5.41) is 2.90. The Balaban J connectivity index is 2.72. The second kappa shape index (κ2) is 4.37. The van der Waals surface area contributed by atoms with Crippen molar-refractivity contribution in [2.45, 2.75) is 20.8 Å². The van der Waals surface area contributed by atoms with Crippen LogP contribution in [0.25, 0.3) is 0 Å². The highest BCUT2D eigenvalue weighted by Crippen LogP contribution is 2.17. The molecule has 3 nitrogen and oxygen atoms in total. The molecular weight excluding hydrogens is 184 g/mol. The summed E-state index contributed by atoms with van der Waals surface area (Å²) >= 11 is 1.56. The van der Waals surface area contributed by atoms with E-state index in [-0.39, 0.29) is 0 Å². The fourth-order valence-corrected chi connectivity index (χ4v) is 1.68. The first kappa shape index (κ1) is 10.2. The maximum atomic E-state index is 10.7. The molecule has 13 heavy (non-hydrogen) atoms. The zero-order chi connectivity index (χ0) is 9.84. The van der Waals surface area contributed by atoms with Crippen LogP contribution in [0.5, 0.6) is 0 Å². The average molecular weight is 198 g/mol. The maximum Gasteiger partial charge on any atom is 0.215 e. The molecule has 0 radical (unpaired) electrons. The van der Waals surface area contributed by atoms with E-state index in [1.54, 1.807) is 16.2 Å². The van der Waals surface area contributed by atoms with E-state index in [9.17, 15) is 4.79 Å². The Kier molecular flexibility index (Phi) is 3.42. The number of rotatable bonds is 4. The number of nitrogens with zero attached hydrogens (tertiary/aromatic N) is 2. The Morgan fingerprint density at radius 1 is 1.69 bits per heavy atom. The van der Waals surface area contributed by atoms with Crippen molar-refractivity contribution in [1.29, 1.82) is 0 Å². The van der Waals surface area contributed by atoms with Crippen molar-refractivity contribution in [3.05, 3.63) is 10.4 Å². The van der Waals surface area contributed by atoms with Crippen LogP contribution >= 0.6 is 11.3 Å². The van der Waals surface area contributed by atoms with E-state index < -0.39 is 0 Å². The molecule has 72 valence electrons. The van der Waals surface area contributed by atoms with Gasteiger partial charge in [-0.25, -0.2) is 4.98 Å². The Morgan fingerprint density at radius 2 is 2.38 bits per heavy atom. The number of carbonyl (C=O) groups is 1. The molecule has 1 amide bonds. The first-order valence-corrected chi connectivity index (χ1v) is 5.15. The van der Waals surface area contributed by atoms with E-state index in [2.05, 4.69) is 18.8 Å². The molecule has 0 aromatic carbocycles. The van der Waals surface area contributed by atoms with Crippen molar-refractivity contribution in [1.82, 2.24) is 4.98 Å². The van der Waals surface area contributed by atoms with Gasteiger partial charge in [0.05, 0.1) is 5.01 Å². The van der Waals surface area contributed by atoms with Crippen LogP contribution in [-0.4, -0.2) is 17.9 Å². The molecule has 0 spiro atoms. The minimum atomic E-state index is 0.465. The number of amides is 1. The van der Waals surface area contributed by atoms with Crippen molar-refractivity contribution in [2.24, 2.45) is 5.92 Å². The molecular formula is C9H14N2OS. The topological polar surface area (TPSA) is 33.2 Å². The molecule has 1 heterocycles. The molecule has 1 rings (SSSR count). The summed E-state index contributed by atoms with van der Waals surface area (Å²) in [5.41, 5.74) is 0. The SMILES string of the molecule is Cc1nc(N(C=O)CC(C)C)cs1. The van der Waals surface area contributed by atoms with Crippen LogP contribution in [0.1, 0.15) is 18.9 Å². The molecule has 0 atom stereocenters. The lowest BCUT2D eigenvalue weighted by molar-refractivity contribution is -0.107. The van der Waals surface area contributed by atoms with E-state index in [1.807, 2.05) is 12.3 Å². The van der Waals surface area contributed by atoms with Gasteiger partial charge in [-0.2, -0.15) is 0 Å². The zero-order valence-corrected chi connectivity index (χ0v) is 8.97. The Bertz CT molecular complexity index is 283. The summed E-state index contributed by atoms with van der Waals surface area (Å²) in [5.74, 6) is 1.23. The van der Waals surface area contributed by atoms with Gasteiger partial charge in [0.1, 0.15) is 5.82 Å². The van der Waals surface area contributed by atoms with Gasteiger partial charge < -0.3 is 0 Å². The zero-order valence-electron chi connectivity index (χ0n) is 8.15. The fourth-order valence-electron chi connectivity index (χ4n) is 1.07. The largest absolute Gasteiger partial charge is 0.298 e. The van der Waals surface area contributed by atoms with Crippen LogP contribution in [0.3, 0.4) is 0 Å². The normalized spacial score (nSPS) is 10.5. The molecule has 1 aromatic rings. The van der Waals surface area contributed by atoms with Crippen molar-refractivity contribution in [3.8, 4) is 0 Å². The first-order chi connectivity index (χ1) is 6.13. The summed E-state index contributed by atoms with van der Waals surface area (Å²) in [6.45, 7) is 6.82. The van der Waals surface area contributed by atoms with Gasteiger partial charge in [-0.05, 0) is 12.8 Å². The molecule has 0 aliphatic carbocycles. The highest BCUT2D eigenvalue weighted by atomic mass is 32.1. The van der Waals surface area contributed by atoms with Gasteiger partial charge in [0.2, 0.25) is 6.41 Å². The average Bonchev–Trinajstić information content (AvgIpc) is 2.47. The minimum Gasteiger partial charge on any atom is -0.298 e. The van der Waals surface area contributed by atoms with E-state index in [0.29, 0.717) is 5.92 Å². The molecule has 0 fully saturated rings. The predicted molar refractivity (Wildman–Crippen MR) is 55.1 cm³/mol. The number of thiazole rings is 1. The minimum absolute atomic E-state index is 0.465. The van der Waals surface area contributed by atoms with Crippen molar-refractivity contribution < 1.29 is 4.79 Å². The maximum absolute atomic E-state index is 10.7. The Labute approximate surface area is 82.4 Å². The number of carbonyl (C=O) groups excluding carboxylic acids is 1. The van der Waals surface area contributed by atoms with E-state index in [4.69, 9.17) is 0 Å². The van der Waals surface area contributed by atoms with Gasteiger partial charge >= 0.3 is 0 Å². The molecule has 0 unspecified atom stereocenters. The van der Waals surface area contributed by atoms with Crippen LogP contribution in [0.2, 0.25) is 0 Å². The third kappa shape index (κ3) is 2.81. The fraction of sp³-hybridized carbons (Fsp3) is 0.556. The molecule has 0 N–H and O–H groups in total. The molecule has 0 aliphatic rings. The van der Waals surface area contributed by atoms with Crippen molar-refractivity contribution in [2.75, 3.05) is 11.4 Å². The standard InChI is InChI=1S/C9H14N2OS/c1-7(2)4-11(6-12)9-5-13-8(3)10-9/h5-7H,4H2,1-3H3. The lowest BCUT2D eigenvalue weighted by atomic mass is 10.2. The van der Waals surface area contributed by atoms with E-state index >= 15 is 0 Å². The third-order valence-electron chi connectivity index (χ3n) is 1.59. The summed E-state index contributed by atoms with van der Waals surface area (Å²) in [4.78, 5) is 16.6. The number of aromatic nitrogens is 1. The highest BCUT2D eigenvalue weighted by Gasteiger charge is 2.09. The quantitative estimate of drug-likeness (QED) is 0.694. The smallest absolute Gasteiger partial charge is 0.215 e. The van der Waals surface area contributed by atoms with Crippen LogP contribution < -0.4 is 4.90 Å². The molecule has 1 aromatic heterocycles. The molecule has 0 aliphatic heterocycles. The molecule has 0 bridgehead atoms. The summed E-state index contributed by atoms with van der Waals surface area (Å²) in [6.07, 6.45) is 0.842. The third-order valence-corrected chi connectivity index (χ3v) is 2.35. The number of hydrogen-bond donors (Lipinski definition) is 0. The number of aryl methyl sites for hydroxylation is 1. The second-order valence-electron chi connectivity index (χ2n) is 3.38. The Morgan fingerprint density at radius 3 is 2.77 bits per heavy atom. The predicted octanol–water partition coefficient (Wildman–Crippen LogP) is 2.07. The highest BCUT2D eigenvalue weighted by molar-refractivity contribution is 7.09. The molecule has 4 heteroatoms.